The Morgan fingerprint density at radius 3 is 2.38 bits per heavy atom. The number of pyridine rings is 1. The number of alkyl halides is 6. The lowest BCUT2D eigenvalue weighted by Gasteiger charge is -2.14. The molecular weight excluding hydrogens is 491 g/mol. The van der Waals surface area contributed by atoms with E-state index < -0.39 is 43.0 Å². The van der Waals surface area contributed by atoms with Crippen molar-refractivity contribution in [1.29, 1.82) is 0 Å². The first-order valence-corrected chi connectivity index (χ1v) is 9.18. The number of carbonyl (C=O) groups is 1. The predicted octanol–water partition coefficient (Wildman–Crippen LogP) is 5.29. The quantitative estimate of drug-likeness (QED) is 0.316. The molecule has 0 aliphatic heterocycles. The van der Waals surface area contributed by atoms with Crippen molar-refractivity contribution >= 4 is 34.8 Å². The highest BCUT2D eigenvalue weighted by Gasteiger charge is 2.36. The van der Waals surface area contributed by atoms with Gasteiger partial charge < -0.3 is 14.9 Å². The Kier molecular flexibility index (Phi) is 8.18. The zero-order valence-corrected chi connectivity index (χ0v) is 17.5. The molecule has 1 heterocycles. The van der Waals surface area contributed by atoms with E-state index in [-0.39, 0.29) is 26.7 Å². The Balaban J connectivity index is 2.37. The van der Waals surface area contributed by atoms with E-state index in [9.17, 15) is 31.1 Å². The van der Waals surface area contributed by atoms with Gasteiger partial charge in [-0.25, -0.2) is 4.98 Å². The van der Waals surface area contributed by atoms with Gasteiger partial charge in [0.15, 0.2) is 12.3 Å². The second kappa shape index (κ2) is 10.3. The second-order valence-corrected chi connectivity index (χ2v) is 6.82. The fourth-order valence-corrected chi connectivity index (χ4v) is 2.57. The largest absolute Gasteiger partial charge is 0.468 e. The number of hydrogen-bond acceptors (Lipinski definition) is 5. The van der Waals surface area contributed by atoms with Crippen molar-refractivity contribution in [3.8, 4) is 17.0 Å². The molecule has 0 unspecified atom stereocenters. The summed E-state index contributed by atoms with van der Waals surface area (Å²) in [6, 6.07) is 5.14. The van der Waals surface area contributed by atoms with Crippen molar-refractivity contribution in [3.05, 3.63) is 46.1 Å². The molecule has 1 N–H and O–H groups in total. The fourth-order valence-electron chi connectivity index (χ4n) is 2.27. The molecule has 2 rings (SSSR count). The number of oxime groups is 1. The van der Waals surface area contributed by atoms with Crippen molar-refractivity contribution < 1.29 is 40.7 Å². The normalized spacial score (nSPS) is 12.5. The smallest absolute Gasteiger partial charge is 0.434 e. The number of benzene rings is 1. The molecule has 0 spiro atoms. The van der Waals surface area contributed by atoms with Gasteiger partial charge in [0.25, 0.3) is 5.91 Å². The third kappa shape index (κ3) is 7.16. The topological polar surface area (TPSA) is 72.8 Å². The summed E-state index contributed by atoms with van der Waals surface area (Å²) < 4.78 is 80.9. The number of halogens is 8. The number of rotatable bonds is 7. The van der Waals surface area contributed by atoms with E-state index in [0.717, 1.165) is 19.4 Å². The van der Waals surface area contributed by atoms with Crippen molar-refractivity contribution in [3.63, 3.8) is 0 Å². The number of nitrogens with one attached hydrogen (secondary N) is 1. The zero-order valence-electron chi connectivity index (χ0n) is 15.9. The highest BCUT2D eigenvalue weighted by Crippen LogP contribution is 2.34. The number of ether oxygens (including phenoxy) is 1. The second-order valence-electron chi connectivity index (χ2n) is 6.01. The lowest BCUT2D eigenvalue weighted by atomic mass is 10.0. The first-order valence-electron chi connectivity index (χ1n) is 8.42. The van der Waals surface area contributed by atoms with Crippen LogP contribution in [0.15, 0.2) is 35.6 Å². The van der Waals surface area contributed by atoms with Gasteiger partial charge >= 0.3 is 12.4 Å². The maximum Gasteiger partial charge on any atom is 0.434 e. The van der Waals surface area contributed by atoms with Gasteiger partial charge in [-0.15, -0.1) is 0 Å². The van der Waals surface area contributed by atoms with Crippen LogP contribution in [0.25, 0.3) is 11.1 Å². The molecule has 32 heavy (non-hydrogen) atoms. The number of nitrogens with zero attached hydrogens (tertiary/aromatic N) is 2. The van der Waals surface area contributed by atoms with Crippen LogP contribution in [0.2, 0.25) is 10.0 Å². The molecular formula is C18H13Cl2F6N3O3. The van der Waals surface area contributed by atoms with Gasteiger partial charge in [0.05, 0.1) is 22.2 Å². The molecule has 14 heteroatoms. The lowest BCUT2D eigenvalue weighted by molar-refractivity contribution is -0.154. The SMILES string of the molecule is CO/N=C(/CNC(=O)c1cnc(OCC(F)(F)F)c(-c2ccc(Cl)c(Cl)c2)c1)C(F)(F)F. The Hall–Kier alpha value is -2.73. The molecule has 0 saturated carbocycles. The summed E-state index contributed by atoms with van der Waals surface area (Å²) in [6.45, 7) is -2.69. The van der Waals surface area contributed by atoms with Crippen LogP contribution in [0, 0.1) is 0 Å². The third-order valence-electron chi connectivity index (χ3n) is 3.66. The Bertz CT molecular complexity index is 1010. The molecule has 0 saturated heterocycles. The molecule has 1 amide bonds. The van der Waals surface area contributed by atoms with Crippen molar-refractivity contribution in [2.45, 2.75) is 12.4 Å². The minimum atomic E-state index is -4.86. The molecule has 0 radical (unpaired) electrons. The van der Waals surface area contributed by atoms with Crippen LogP contribution in [0.1, 0.15) is 10.4 Å². The third-order valence-corrected chi connectivity index (χ3v) is 4.40. The van der Waals surface area contributed by atoms with Crippen LogP contribution in [0.5, 0.6) is 5.88 Å². The van der Waals surface area contributed by atoms with Crippen LogP contribution in [-0.2, 0) is 4.84 Å². The van der Waals surface area contributed by atoms with E-state index in [2.05, 4.69) is 15.0 Å². The van der Waals surface area contributed by atoms with Gasteiger partial charge in [0, 0.05) is 11.8 Å². The average Bonchev–Trinajstić information content (AvgIpc) is 2.69. The molecule has 2 aromatic rings. The zero-order chi connectivity index (χ0) is 24.1. The molecule has 0 fully saturated rings. The van der Waals surface area contributed by atoms with Crippen molar-refractivity contribution in [1.82, 2.24) is 10.3 Å². The van der Waals surface area contributed by atoms with E-state index in [1.165, 1.54) is 18.2 Å². The van der Waals surface area contributed by atoms with Crippen LogP contribution >= 0.6 is 23.2 Å². The number of carbonyl (C=O) groups excluding carboxylic acids is 1. The summed E-state index contributed by atoms with van der Waals surface area (Å²) >= 11 is 11.8. The van der Waals surface area contributed by atoms with E-state index >= 15 is 0 Å². The monoisotopic (exact) mass is 503 g/mol. The van der Waals surface area contributed by atoms with E-state index in [1.54, 1.807) is 0 Å². The maximum absolute atomic E-state index is 12.8. The first-order chi connectivity index (χ1) is 14.8. The summed E-state index contributed by atoms with van der Waals surface area (Å²) in [7, 11) is 0.903. The minimum absolute atomic E-state index is 0.0615. The number of amides is 1. The highest BCUT2D eigenvalue weighted by molar-refractivity contribution is 6.42. The van der Waals surface area contributed by atoms with Gasteiger partial charge in [-0.05, 0) is 23.8 Å². The Morgan fingerprint density at radius 1 is 1.12 bits per heavy atom. The van der Waals surface area contributed by atoms with Crippen LogP contribution in [-0.4, -0.2) is 49.2 Å². The van der Waals surface area contributed by atoms with E-state index in [0.29, 0.717) is 0 Å². The summed E-state index contributed by atoms with van der Waals surface area (Å²) in [5, 5.41) is 5.02. The highest BCUT2D eigenvalue weighted by atomic mass is 35.5. The molecule has 174 valence electrons. The van der Waals surface area contributed by atoms with Crippen LogP contribution < -0.4 is 10.1 Å². The molecule has 0 aliphatic carbocycles. The van der Waals surface area contributed by atoms with Crippen LogP contribution in [0.4, 0.5) is 26.3 Å². The molecule has 1 aromatic heterocycles. The van der Waals surface area contributed by atoms with E-state index in [1.807, 2.05) is 5.32 Å². The van der Waals surface area contributed by atoms with Gasteiger partial charge in [-0.1, -0.05) is 34.4 Å². The molecule has 0 atom stereocenters. The number of aromatic nitrogens is 1. The molecule has 1 aromatic carbocycles. The summed E-state index contributed by atoms with van der Waals surface area (Å²) in [5.41, 5.74) is -1.53. The molecule has 6 nitrogen and oxygen atoms in total. The lowest BCUT2D eigenvalue weighted by Crippen LogP contribution is -2.37. The predicted molar refractivity (Wildman–Crippen MR) is 104 cm³/mol. The van der Waals surface area contributed by atoms with Gasteiger partial charge in [0.2, 0.25) is 5.88 Å². The fraction of sp³-hybridized carbons (Fsp3) is 0.278. The minimum Gasteiger partial charge on any atom is -0.468 e. The summed E-state index contributed by atoms with van der Waals surface area (Å²) in [6.07, 6.45) is -8.67. The van der Waals surface area contributed by atoms with Gasteiger partial charge in [-0.3, -0.25) is 4.79 Å². The van der Waals surface area contributed by atoms with E-state index in [4.69, 9.17) is 27.9 Å². The van der Waals surface area contributed by atoms with Crippen molar-refractivity contribution in [2.24, 2.45) is 5.16 Å². The summed E-state index contributed by atoms with van der Waals surface area (Å²) in [4.78, 5) is 20.1. The van der Waals surface area contributed by atoms with Gasteiger partial charge in [0.1, 0.15) is 7.11 Å². The molecule has 0 aliphatic rings. The first kappa shape index (κ1) is 25.5. The Morgan fingerprint density at radius 2 is 1.81 bits per heavy atom. The van der Waals surface area contributed by atoms with Crippen LogP contribution in [0.3, 0.4) is 0 Å². The maximum atomic E-state index is 12.8. The van der Waals surface area contributed by atoms with Crippen molar-refractivity contribution in [2.75, 3.05) is 20.3 Å². The standard InChI is InChI=1S/C18H13Cl2F6N3O3/c1-31-29-14(18(24,25)26)7-27-15(30)10-4-11(9-2-3-12(19)13(20)5-9)16(28-6-10)32-8-17(21,22)23/h2-6H,7-8H2,1H3,(H,27,30)/b29-14-. The Labute approximate surface area is 187 Å². The summed E-state index contributed by atoms with van der Waals surface area (Å²) in [5.74, 6) is -1.48. The van der Waals surface area contributed by atoms with Gasteiger partial charge in [-0.2, -0.15) is 26.3 Å². The average molecular weight is 504 g/mol. The molecule has 0 bridgehead atoms. The number of hydrogen-bond donors (Lipinski definition) is 1.